The molecule has 0 spiro atoms. The van der Waals surface area contributed by atoms with Crippen LogP contribution in [0.15, 0.2) is 212 Å². The molecule has 0 bridgehead atoms. The van der Waals surface area contributed by atoms with Gasteiger partial charge in [-0.3, -0.25) is 0 Å². The number of para-hydroxylation sites is 2. The predicted octanol–water partition coefficient (Wildman–Crippen LogP) is 14.7. The van der Waals surface area contributed by atoms with Gasteiger partial charge in [-0.05, 0) is 82.4 Å². The molecule has 2 nitrogen and oxygen atoms in total. The van der Waals surface area contributed by atoms with Gasteiger partial charge in [-0.25, -0.2) is 0 Å². The predicted molar refractivity (Wildman–Crippen MR) is 234 cm³/mol. The van der Waals surface area contributed by atoms with E-state index in [1.165, 1.54) is 66.0 Å². The molecule has 1 aromatic heterocycles. The van der Waals surface area contributed by atoms with Crippen molar-refractivity contribution in [2.45, 2.75) is 6.92 Å². The number of aryl methyl sites for hydroxylation is 1. The molecule has 10 aromatic rings. The maximum absolute atomic E-state index is 2.48. The van der Waals surface area contributed by atoms with E-state index in [4.69, 9.17) is 0 Å². The lowest BCUT2D eigenvalue weighted by Crippen LogP contribution is -2.11. The fraction of sp³-hybridized carbons (Fsp3) is 0.0189. The van der Waals surface area contributed by atoms with Crippen molar-refractivity contribution in [3.63, 3.8) is 0 Å². The number of hydrogen-bond acceptors (Lipinski definition) is 1. The zero-order chi connectivity index (χ0) is 36.7. The van der Waals surface area contributed by atoms with E-state index in [2.05, 4.69) is 229 Å². The number of benzene rings is 9. The molecule has 0 unspecified atom stereocenters. The first-order chi connectivity index (χ1) is 27.2. The van der Waals surface area contributed by atoms with Gasteiger partial charge in [0.2, 0.25) is 0 Å². The van der Waals surface area contributed by atoms with Gasteiger partial charge in [0, 0.05) is 27.6 Å². The second-order valence-electron chi connectivity index (χ2n) is 14.2. The summed E-state index contributed by atoms with van der Waals surface area (Å²) in [4.78, 5) is 2.46. The summed E-state index contributed by atoms with van der Waals surface area (Å²) in [5, 5.41) is 4.88. The first-order valence-electron chi connectivity index (χ1n) is 18.9. The zero-order valence-corrected chi connectivity index (χ0v) is 30.6. The third kappa shape index (κ3) is 5.67. The molecular formula is C53H38N2. The lowest BCUT2D eigenvalue weighted by Gasteiger charge is -2.29. The van der Waals surface area contributed by atoms with Crippen molar-refractivity contribution < 1.29 is 0 Å². The van der Waals surface area contributed by atoms with Crippen LogP contribution in [0.3, 0.4) is 0 Å². The van der Waals surface area contributed by atoms with Crippen molar-refractivity contribution in [3.05, 3.63) is 218 Å². The van der Waals surface area contributed by atoms with Crippen LogP contribution >= 0.6 is 0 Å². The van der Waals surface area contributed by atoms with Gasteiger partial charge in [0.15, 0.2) is 0 Å². The molecule has 0 fully saturated rings. The molecule has 0 aliphatic heterocycles. The number of anilines is 3. The largest absolute Gasteiger partial charge is 0.309 e. The van der Waals surface area contributed by atoms with E-state index in [0.29, 0.717) is 0 Å². The molecule has 10 rings (SSSR count). The van der Waals surface area contributed by atoms with Gasteiger partial charge in [0.25, 0.3) is 0 Å². The fourth-order valence-electron chi connectivity index (χ4n) is 8.29. The van der Waals surface area contributed by atoms with Gasteiger partial charge in [0.1, 0.15) is 0 Å². The minimum atomic E-state index is 1.10. The molecule has 0 aliphatic rings. The molecule has 260 valence electrons. The molecule has 0 saturated carbocycles. The smallest absolute Gasteiger partial charge is 0.0562 e. The standard InChI is InChI=1S/C53H38N2/c1-37-27-29-42(30-28-37)52-45-21-9-8-19-41(45)33-36-51(52)55-48-24-13-11-22-46(48)53-49(25-14-26-50(53)55)54(43-34-31-39(32-35-43)38-15-4-2-5-16-38)47-23-12-10-20-44(47)40-17-6-3-7-18-40/h2-36H,1H3. The minimum Gasteiger partial charge on any atom is -0.309 e. The van der Waals surface area contributed by atoms with E-state index in [0.717, 1.165) is 28.3 Å². The molecule has 0 aliphatic carbocycles. The summed E-state index contributed by atoms with van der Waals surface area (Å²) in [6.45, 7) is 2.15. The molecular weight excluding hydrogens is 665 g/mol. The van der Waals surface area contributed by atoms with Gasteiger partial charge in [-0.15, -0.1) is 0 Å². The fourth-order valence-corrected chi connectivity index (χ4v) is 8.29. The summed E-state index contributed by atoms with van der Waals surface area (Å²) < 4.78 is 2.48. The van der Waals surface area contributed by atoms with E-state index in [9.17, 15) is 0 Å². The first-order valence-corrected chi connectivity index (χ1v) is 18.9. The van der Waals surface area contributed by atoms with Crippen LogP contribution in [0, 0.1) is 6.92 Å². The van der Waals surface area contributed by atoms with Crippen molar-refractivity contribution in [2.24, 2.45) is 0 Å². The van der Waals surface area contributed by atoms with Crippen molar-refractivity contribution in [3.8, 4) is 39.1 Å². The van der Waals surface area contributed by atoms with Crippen LogP contribution in [0.5, 0.6) is 0 Å². The Hall–Kier alpha value is -7.16. The Bertz CT molecular complexity index is 2960. The van der Waals surface area contributed by atoms with Crippen molar-refractivity contribution >= 4 is 49.6 Å². The van der Waals surface area contributed by atoms with E-state index in [1.807, 2.05) is 0 Å². The highest BCUT2D eigenvalue weighted by Crippen LogP contribution is 2.48. The lowest BCUT2D eigenvalue weighted by molar-refractivity contribution is 1.18. The summed E-state index contributed by atoms with van der Waals surface area (Å²) in [5.41, 5.74) is 15.3. The van der Waals surface area contributed by atoms with Crippen LogP contribution in [0.1, 0.15) is 5.56 Å². The Morgan fingerprint density at radius 1 is 0.382 bits per heavy atom. The Morgan fingerprint density at radius 2 is 0.964 bits per heavy atom. The second-order valence-corrected chi connectivity index (χ2v) is 14.2. The quantitative estimate of drug-likeness (QED) is 0.160. The number of aromatic nitrogens is 1. The minimum absolute atomic E-state index is 1.10. The monoisotopic (exact) mass is 702 g/mol. The third-order valence-electron chi connectivity index (χ3n) is 10.9. The van der Waals surface area contributed by atoms with Crippen LogP contribution < -0.4 is 4.90 Å². The third-order valence-corrected chi connectivity index (χ3v) is 10.9. The van der Waals surface area contributed by atoms with Crippen LogP contribution in [0.2, 0.25) is 0 Å². The summed E-state index contributed by atoms with van der Waals surface area (Å²) in [6.07, 6.45) is 0. The van der Waals surface area contributed by atoms with E-state index in [-0.39, 0.29) is 0 Å². The number of nitrogens with zero attached hydrogens (tertiary/aromatic N) is 2. The van der Waals surface area contributed by atoms with Gasteiger partial charge in [-0.1, -0.05) is 175 Å². The Labute approximate surface area is 321 Å². The molecule has 9 aromatic carbocycles. The van der Waals surface area contributed by atoms with E-state index in [1.54, 1.807) is 0 Å². The summed E-state index contributed by atoms with van der Waals surface area (Å²) >= 11 is 0. The summed E-state index contributed by atoms with van der Waals surface area (Å²) in [6, 6.07) is 77.1. The second kappa shape index (κ2) is 13.7. The van der Waals surface area contributed by atoms with Crippen LogP contribution in [-0.4, -0.2) is 4.57 Å². The van der Waals surface area contributed by atoms with Crippen LogP contribution in [0.4, 0.5) is 17.1 Å². The Kier molecular flexibility index (Phi) is 8.08. The molecule has 1 heterocycles. The van der Waals surface area contributed by atoms with Gasteiger partial charge >= 0.3 is 0 Å². The van der Waals surface area contributed by atoms with Crippen molar-refractivity contribution in [1.82, 2.24) is 4.57 Å². The van der Waals surface area contributed by atoms with Gasteiger partial charge < -0.3 is 9.47 Å². The Morgan fingerprint density at radius 3 is 1.75 bits per heavy atom. The maximum Gasteiger partial charge on any atom is 0.0562 e. The average molecular weight is 703 g/mol. The molecule has 0 radical (unpaired) electrons. The lowest BCUT2D eigenvalue weighted by atomic mass is 9.95. The number of rotatable bonds is 7. The summed E-state index contributed by atoms with van der Waals surface area (Å²) in [5.74, 6) is 0. The number of fused-ring (bicyclic) bond motifs is 4. The van der Waals surface area contributed by atoms with Crippen molar-refractivity contribution in [2.75, 3.05) is 4.90 Å². The van der Waals surface area contributed by atoms with Crippen LogP contribution in [0.25, 0.3) is 71.6 Å². The van der Waals surface area contributed by atoms with E-state index >= 15 is 0 Å². The van der Waals surface area contributed by atoms with Crippen molar-refractivity contribution in [1.29, 1.82) is 0 Å². The molecule has 2 heteroatoms. The molecule has 0 N–H and O–H groups in total. The van der Waals surface area contributed by atoms with E-state index < -0.39 is 0 Å². The van der Waals surface area contributed by atoms with Gasteiger partial charge in [-0.2, -0.15) is 0 Å². The SMILES string of the molecule is Cc1ccc(-c2c(-n3c4ccccc4c4c(N(c5ccc(-c6ccccc6)cc5)c5ccccc5-c5ccccc5)cccc43)ccc3ccccc23)cc1. The zero-order valence-electron chi connectivity index (χ0n) is 30.6. The number of hydrogen-bond donors (Lipinski definition) is 0. The Balaban J connectivity index is 1.27. The average Bonchev–Trinajstić information content (AvgIpc) is 3.60. The maximum atomic E-state index is 2.48. The topological polar surface area (TPSA) is 8.17 Å². The highest BCUT2D eigenvalue weighted by atomic mass is 15.2. The van der Waals surface area contributed by atoms with Gasteiger partial charge in [0.05, 0.1) is 28.1 Å². The molecule has 0 atom stereocenters. The highest BCUT2D eigenvalue weighted by molar-refractivity contribution is 6.18. The normalized spacial score (nSPS) is 11.4. The molecule has 55 heavy (non-hydrogen) atoms. The van der Waals surface area contributed by atoms with Crippen LogP contribution in [-0.2, 0) is 0 Å². The highest BCUT2D eigenvalue weighted by Gasteiger charge is 2.24. The first kappa shape index (κ1) is 32.5. The molecule has 0 amide bonds. The molecule has 0 saturated heterocycles. The summed E-state index contributed by atoms with van der Waals surface area (Å²) in [7, 11) is 0.